The van der Waals surface area contributed by atoms with E-state index in [1.807, 2.05) is 61.6 Å². The summed E-state index contributed by atoms with van der Waals surface area (Å²) < 4.78 is 5.27. The second-order valence-electron chi connectivity index (χ2n) is 7.01. The fourth-order valence-corrected chi connectivity index (χ4v) is 3.15. The van der Waals surface area contributed by atoms with Gasteiger partial charge in [-0.3, -0.25) is 9.59 Å². The van der Waals surface area contributed by atoms with Crippen molar-refractivity contribution in [3.8, 4) is 5.75 Å². The Hall–Kier alpha value is -3.38. The van der Waals surface area contributed by atoms with Gasteiger partial charge >= 0.3 is 0 Å². The molecule has 3 N–H and O–H groups in total. The molecule has 2 amide bonds. The van der Waals surface area contributed by atoms with E-state index >= 15 is 0 Å². The van der Waals surface area contributed by atoms with E-state index in [0.29, 0.717) is 11.4 Å². The average Bonchev–Trinajstić information content (AvgIpc) is 2.73. The molecule has 6 nitrogen and oxygen atoms in total. The normalized spacial score (nSPS) is 12.8. The van der Waals surface area contributed by atoms with Crippen LogP contribution in [-0.2, 0) is 9.59 Å². The predicted molar refractivity (Wildman–Crippen MR) is 115 cm³/mol. The molecule has 0 fully saturated rings. The van der Waals surface area contributed by atoms with Gasteiger partial charge in [-0.15, -0.1) is 0 Å². The molecule has 29 heavy (non-hydrogen) atoms. The number of ether oxygens (including phenoxy) is 1. The highest BCUT2D eigenvalue weighted by atomic mass is 16.5. The van der Waals surface area contributed by atoms with Gasteiger partial charge in [0, 0.05) is 11.1 Å². The molecule has 0 aliphatic heterocycles. The van der Waals surface area contributed by atoms with Crippen LogP contribution in [0.5, 0.6) is 5.75 Å². The first-order chi connectivity index (χ1) is 14.0. The van der Waals surface area contributed by atoms with Crippen LogP contribution in [0.25, 0.3) is 10.8 Å². The molecule has 2 atom stereocenters. The summed E-state index contributed by atoms with van der Waals surface area (Å²) in [6.07, 6.45) is 0. The second kappa shape index (κ2) is 9.21. The molecule has 3 aromatic carbocycles. The summed E-state index contributed by atoms with van der Waals surface area (Å²) in [5.41, 5.74) is 1.38. The Bertz CT molecular complexity index is 1010. The zero-order valence-electron chi connectivity index (χ0n) is 16.9. The molecule has 3 rings (SSSR count). The van der Waals surface area contributed by atoms with E-state index in [9.17, 15) is 9.59 Å². The maximum atomic E-state index is 12.6. The Kier molecular flexibility index (Phi) is 6.46. The van der Waals surface area contributed by atoms with Gasteiger partial charge in [0.25, 0.3) is 11.8 Å². The zero-order chi connectivity index (χ0) is 20.8. The third-order valence-electron chi connectivity index (χ3n) is 5.00. The van der Waals surface area contributed by atoms with Gasteiger partial charge in [-0.25, -0.2) is 0 Å². The summed E-state index contributed by atoms with van der Waals surface area (Å²) in [6, 6.07) is 20.5. The third-order valence-corrected chi connectivity index (χ3v) is 5.00. The van der Waals surface area contributed by atoms with Crippen molar-refractivity contribution in [1.29, 1.82) is 0 Å². The third kappa shape index (κ3) is 4.92. The van der Waals surface area contributed by atoms with Gasteiger partial charge in [0.2, 0.25) is 0 Å². The minimum atomic E-state index is -0.418. The molecule has 0 saturated carbocycles. The van der Waals surface area contributed by atoms with Crippen molar-refractivity contribution in [3.05, 3.63) is 66.7 Å². The zero-order valence-corrected chi connectivity index (χ0v) is 16.9. The minimum absolute atomic E-state index is 0.143. The molecule has 0 bridgehead atoms. The van der Waals surface area contributed by atoms with Crippen molar-refractivity contribution in [2.45, 2.75) is 13.0 Å². The fraction of sp³-hybridized carbons (Fsp3) is 0.217. The van der Waals surface area contributed by atoms with Crippen LogP contribution in [0.1, 0.15) is 6.92 Å². The Balaban J connectivity index is 1.62. The lowest BCUT2D eigenvalue weighted by Gasteiger charge is -2.21. The summed E-state index contributed by atoms with van der Waals surface area (Å²) in [6.45, 7) is 1.97. The van der Waals surface area contributed by atoms with Crippen LogP contribution in [0.3, 0.4) is 0 Å². The highest BCUT2D eigenvalue weighted by Gasteiger charge is 2.25. The van der Waals surface area contributed by atoms with Crippen LogP contribution in [0.2, 0.25) is 0 Å². The Morgan fingerprint density at radius 3 is 2.38 bits per heavy atom. The first-order valence-electron chi connectivity index (χ1n) is 9.53. The summed E-state index contributed by atoms with van der Waals surface area (Å²) in [4.78, 5) is 26.0. The molecular weight excluding hydrogens is 366 g/mol. The summed E-state index contributed by atoms with van der Waals surface area (Å²) in [5.74, 6) is 0.278. The summed E-state index contributed by atoms with van der Waals surface area (Å²) in [7, 11) is 3.39. The van der Waals surface area contributed by atoms with Gasteiger partial charge in [-0.2, -0.15) is 0 Å². The summed E-state index contributed by atoms with van der Waals surface area (Å²) >= 11 is 0. The van der Waals surface area contributed by atoms with Gasteiger partial charge in [-0.1, -0.05) is 48.5 Å². The SMILES string of the molecule is COc1ccccc1NC(=O)[C@@H](C)[NH+](C)CC(=O)Nc1cccc2ccccc12. The van der Waals surface area contributed by atoms with Crippen LogP contribution in [0.15, 0.2) is 66.7 Å². The topological polar surface area (TPSA) is 71.9 Å². The number of fused-ring (bicyclic) bond motifs is 1. The van der Waals surface area contributed by atoms with E-state index in [0.717, 1.165) is 21.4 Å². The number of carbonyl (C=O) groups excluding carboxylic acids is 2. The lowest BCUT2D eigenvalue weighted by Crippen LogP contribution is -3.14. The molecule has 0 spiro atoms. The molecule has 1 unspecified atom stereocenters. The molecule has 6 heteroatoms. The Morgan fingerprint density at radius 2 is 1.59 bits per heavy atom. The van der Waals surface area contributed by atoms with E-state index in [2.05, 4.69) is 10.6 Å². The van der Waals surface area contributed by atoms with Crippen molar-refractivity contribution in [3.63, 3.8) is 0 Å². The van der Waals surface area contributed by atoms with Gasteiger partial charge in [0.05, 0.1) is 19.8 Å². The Labute approximate surface area is 170 Å². The number of para-hydroxylation sites is 2. The average molecular weight is 392 g/mol. The molecule has 150 valence electrons. The van der Waals surface area contributed by atoms with Crippen molar-refractivity contribution >= 4 is 34.0 Å². The molecule has 0 aliphatic rings. The number of rotatable bonds is 7. The number of methoxy groups -OCH3 is 1. The van der Waals surface area contributed by atoms with E-state index in [4.69, 9.17) is 4.74 Å². The predicted octanol–water partition coefficient (Wildman–Crippen LogP) is 2.33. The lowest BCUT2D eigenvalue weighted by molar-refractivity contribution is -0.885. The molecule has 0 aliphatic carbocycles. The largest absolute Gasteiger partial charge is 0.495 e. The molecule has 3 aromatic rings. The molecule has 0 saturated heterocycles. The van der Waals surface area contributed by atoms with E-state index in [1.54, 1.807) is 26.2 Å². The number of carbonyl (C=O) groups is 2. The van der Waals surface area contributed by atoms with Crippen molar-refractivity contribution < 1.29 is 19.2 Å². The number of amides is 2. The fourth-order valence-electron chi connectivity index (χ4n) is 3.15. The molecular formula is C23H26N3O3+. The van der Waals surface area contributed by atoms with Crippen molar-refractivity contribution in [2.24, 2.45) is 0 Å². The maximum Gasteiger partial charge on any atom is 0.282 e. The summed E-state index contributed by atoms with van der Waals surface area (Å²) in [5, 5.41) is 7.89. The van der Waals surface area contributed by atoms with E-state index in [-0.39, 0.29) is 18.4 Å². The molecule has 0 aromatic heterocycles. The number of hydrogen-bond donors (Lipinski definition) is 3. The van der Waals surface area contributed by atoms with E-state index < -0.39 is 6.04 Å². The van der Waals surface area contributed by atoms with Crippen LogP contribution >= 0.6 is 0 Å². The number of likely N-dealkylation sites (N-methyl/N-ethyl adjacent to an activating group) is 1. The van der Waals surface area contributed by atoms with Crippen molar-refractivity contribution in [1.82, 2.24) is 0 Å². The van der Waals surface area contributed by atoms with E-state index in [1.165, 1.54) is 0 Å². The quantitative estimate of drug-likeness (QED) is 0.578. The number of hydrogen-bond acceptors (Lipinski definition) is 3. The second-order valence-corrected chi connectivity index (χ2v) is 7.01. The van der Waals surface area contributed by atoms with Crippen LogP contribution in [0, 0.1) is 0 Å². The number of anilines is 2. The van der Waals surface area contributed by atoms with Gasteiger partial charge in [0.1, 0.15) is 5.75 Å². The highest BCUT2D eigenvalue weighted by molar-refractivity contribution is 6.02. The lowest BCUT2D eigenvalue weighted by atomic mass is 10.1. The maximum absolute atomic E-state index is 12.6. The van der Waals surface area contributed by atoms with Crippen LogP contribution in [-0.4, -0.2) is 38.6 Å². The molecule has 0 heterocycles. The highest BCUT2D eigenvalue weighted by Crippen LogP contribution is 2.23. The van der Waals surface area contributed by atoms with Gasteiger partial charge in [-0.05, 0) is 30.5 Å². The van der Waals surface area contributed by atoms with Gasteiger partial charge < -0.3 is 20.3 Å². The standard InChI is InChI=1S/C23H25N3O3/c1-16(23(28)25-20-12-6-7-14-21(20)29-3)26(2)15-22(27)24-19-13-8-10-17-9-4-5-11-18(17)19/h4-14,16H,15H2,1-3H3,(H,24,27)(H,25,28)/p+1/t16-/m1/s1. The smallest absolute Gasteiger partial charge is 0.282 e. The van der Waals surface area contributed by atoms with Crippen LogP contribution < -0.4 is 20.3 Å². The van der Waals surface area contributed by atoms with Crippen LogP contribution in [0.4, 0.5) is 11.4 Å². The number of benzene rings is 3. The monoisotopic (exact) mass is 392 g/mol. The van der Waals surface area contributed by atoms with Gasteiger partial charge in [0.15, 0.2) is 12.6 Å². The Morgan fingerprint density at radius 1 is 0.931 bits per heavy atom. The van der Waals surface area contributed by atoms with Crippen molar-refractivity contribution in [2.75, 3.05) is 31.3 Å². The molecule has 0 radical (unpaired) electrons. The number of quaternary nitrogens is 1. The minimum Gasteiger partial charge on any atom is -0.495 e. The first kappa shape index (κ1) is 20.4. The first-order valence-corrected chi connectivity index (χ1v) is 9.53. The number of nitrogens with one attached hydrogen (secondary N) is 3.